The lowest BCUT2D eigenvalue weighted by Gasteiger charge is -2.36. The SMILES string of the molecule is Cc1ccc(S(=O)(=O)OCC2CN(C(=O)OC(C)(C)C)CCC2O)cc1. The summed E-state index contributed by atoms with van der Waals surface area (Å²) in [6.07, 6.45) is -0.865. The summed E-state index contributed by atoms with van der Waals surface area (Å²) in [4.78, 5) is 13.7. The standard InChI is InChI=1S/C18H27NO6S/c1-13-5-7-15(8-6-13)26(22,23)24-12-14-11-19(10-9-16(14)20)17(21)25-18(2,3)4/h5-8,14,16,20H,9-12H2,1-4H3. The fourth-order valence-corrected chi connectivity index (χ4v) is 3.59. The third-order valence-corrected chi connectivity index (χ3v) is 5.39. The highest BCUT2D eigenvalue weighted by Crippen LogP contribution is 2.22. The van der Waals surface area contributed by atoms with Crippen LogP contribution in [0.5, 0.6) is 0 Å². The molecule has 0 spiro atoms. The Balaban J connectivity index is 1.99. The number of piperidine rings is 1. The molecule has 2 atom stereocenters. The van der Waals surface area contributed by atoms with E-state index in [-0.39, 0.29) is 18.0 Å². The van der Waals surface area contributed by atoms with E-state index in [1.54, 1.807) is 32.9 Å². The first-order chi connectivity index (χ1) is 12.0. The monoisotopic (exact) mass is 385 g/mol. The quantitative estimate of drug-likeness (QED) is 0.800. The Morgan fingerprint density at radius 2 is 1.88 bits per heavy atom. The van der Waals surface area contributed by atoms with Crippen LogP contribution in [0.15, 0.2) is 29.2 Å². The number of hydrogen-bond donors (Lipinski definition) is 1. The first-order valence-corrected chi connectivity index (χ1v) is 10.0. The van der Waals surface area contributed by atoms with Gasteiger partial charge in [-0.05, 0) is 46.2 Å². The van der Waals surface area contributed by atoms with Crippen LogP contribution >= 0.6 is 0 Å². The number of hydrogen-bond acceptors (Lipinski definition) is 6. The highest BCUT2D eigenvalue weighted by atomic mass is 32.2. The maximum atomic E-state index is 12.3. The van der Waals surface area contributed by atoms with E-state index in [4.69, 9.17) is 8.92 Å². The molecule has 26 heavy (non-hydrogen) atoms. The second-order valence-electron chi connectivity index (χ2n) is 7.59. The largest absolute Gasteiger partial charge is 0.444 e. The van der Waals surface area contributed by atoms with Gasteiger partial charge < -0.3 is 14.7 Å². The minimum Gasteiger partial charge on any atom is -0.444 e. The second-order valence-corrected chi connectivity index (χ2v) is 9.21. The predicted octanol–water partition coefficient (Wildman–Crippen LogP) is 2.32. The number of nitrogens with zero attached hydrogens (tertiary/aromatic N) is 1. The molecule has 2 unspecified atom stereocenters. The van der Waals surface area contributed by atoms with Crippen LogP contribution < -0.4 is 0 Å². The van der Waals surface area contributed by atoms with E-state index in [2.05, 4.69) is 0 Å². The lowest BCUT2D eigenvalue weighted by Crippen LogP contribution is -2.49. The number of ether oxygens (including phenoxy) is 1. The molecule has 0 aliphatic carbocycles. The Labute approximate surface area is 155 Å². The van der Waals surface area contributed by atoms with Crippen molar-refractivity contribution in [1.29, 1.82) is 0 Å². The van der Waals surface area contributed by atoms with Crippen molar-refractivity contribution in [3.8, 4) is 0 Å². The minimum atomic E-state index is -3.91. The van der Waals surface area contributed by atoms with Crippen molar-refractivity contribution in [1.82, 2.24) is 4.90 Å². The van der Waals surface area contributed by atoms with Crippen LogP contribution in [0.25, 0.3) is 0 Å². The van der Waals surface area contributed by atoms with E-state index in [0.717, 1.165) is 5.56 Å². The lowest BCUT2D eigenvalue weighted by atomic mass is 9.96. The molecule has 1 amide bonds. The summed E-state index contributed by atoms with van der Waals surface area (Å²) >= 11 is 0. The van der Waals surface area contributed by atoms with Crippen molar-refractivity contribution in [3.63, 3.8) is 0 Å². The molecule has 0 bridgehead atoms. The summed E-state index contributed by atoms with van der Waals surface area (Å²) < 4.78 is 35.0. The van der Waals surface area contributed by atoms with E-state index in [9.17, 15) is 18.3 Å². The normalized spacial score (nSPS) is 21.5. The Hall–Kier alpha value is -1.64. The van der Waals surface area contributed by atoms with Gasteiger partial charge in [-0.1, -0.05) is 17.7 Å². The van der Waals surface area contributed by atoms with Crippen LogP contribution in [-0.4, -0.2) is 55.9 Å². The topological polar surface area (TPSA) is 93.1 Å². The molecule has 8 heteroatoms. The van der Waals surface area contributed by atoms with Gasteiger partial charge in [0.25, 0.3) is 10.1 Å². The summed E-state index contributed by atoms with van der Waals surface area (Å²) in [5.41, 5.74) is 0.327. The van der Waals surface area contributed by atoms with Gasteiger partial charge in [0.15, 0.2) is 0 Å². The molecule has 0 radical (unpaired) electrons. The number of aryl methyl sites for hydroxylation is 1. The average molecular weight is 385 g/mol. The van der Waals surface area contributed by atoms with E-state index in [1.165, 1.54) is 17.0 Å². The fraction of sp³-hybridized carbons (Fsp3) is 0.611. The molecule has 1 aromatic carbocycles. The van der Waals surface area contributed by atoms with Crippen molar-refractivity contribution in [2.45, 2.75) is 50.7 Å². The van der Waals surface area contributed by atoms with Gasteiger partial charge in [0.05, 0.1) is 17.6 Å². The number of aliphatic hydroxyl groups is 1. The zero-order valence-corrected chi connectivity index (χ0v) is 16.5. The molecular formula is C18H27NO6S. The smallest absolute Gasteiger partial charge is 0.410 e. The zero-order chi connectivity index (χ0) is 19.5. The van der Waals surface area contributed by atoms with Gasteiger partial charge in [-0.2, -0.15) is 8.42 Å². The van der Waals surface area contributed by atoms with Crippen LogP contribution in [0, 0.1) is 12.8 Å². The molecule has 1 fully saturated rings. The Bertz CT molecular complexity index is 723. The number of amides is 1. The van der Waals surface area contributed by atoms with Gasteiger partial charge in [0, 0.05) is 19.0 Å². The first kappa shape index (κ1) is 20.7. The molecular weight excluding hydrogens is 358 g/mol. The summed E-state index contributed by atoms with van der Waals surface area (Å²) in [5.74, 6) is -0.503. The maximum Gasteiger partial charge on any atom is 0.410 e. The van der Waals surface area contributed by atoms with Crippen LogP contribution in [0.2, 0.25) is 0 Å². The van der Waals surface area contributed by atoms with Gasteiger partial charge in [-0.3, -0.25) is 4.18 Å². The molecule has 7 nitrogen and oxygen atoms in total. The number of rotatable bonds is 4. The summed E-state index contributed by atoms with van der Waals surface area (Å²) in [6, 6.07) is 6.34. The molecule has 1 heterocycles. The van der Waals surface area contributed by atoms with E-state index in [0.29, 0.717) is 13.0 Å². The highest BCUT2D eigenvalue weighted by Gasteiger charge is 2.33. The molecule has 1 aromatic rings. The van der Waals surface area contributed by atoms with Gasteiger partial charge in [-0.25, -0.2) is 4.79 Å². The number of carbonyl (C=O) groups excluding carboxylic acids is 1. The molecule has 146 valence electrons. The van der Waals surface area contributed by atoms with Gasteiger partial charge in [0.1, 0.15) is 5.60 Å². The summed E-state index contributed by atoms with van der Waals surface area (Å²) in [6.45, 7) is 7.53. The van der Waals surface area contributed by atoms with Crippen molar-refractivity contribution in [2.24, 2.45) is 5.92 Å². The highest BCUT2D eigenvalue weighted by molar-refractivity contribution is 7.86. The summed E-state index contributed by atoms with van der Waals surface area (Å²) in [5, 5.41) is 10.2. The molecule has 0 aromatic heterocycles. The van der Waals surface area contributed by atoms with E-state index >= 15 is 0 Å². The second kappa shape index (κ2) is 7.94. The molecule has 1 aliphatic heterocycles. The molecule has 1 aliphatic rings. The predicted molar refractivity (Wildman–Crippen MR) is 96.2 cm³/mol. The van der Waals surface area contributed by atoms with Crippen LogP contribution in [0.3, 0.4) is 0 Å². The lowest BCUT2D eigenvalue weighted by molar-refractivity contribution is -0.0170. The van der Waals surface area contributed by atoms with Crippen molar-refractivity contribution >= 4 is 16.2 Å². The number of aliphatic hydroxyl groups excluding tert-OH is 1. The number of likely N-dealkylation sites (tertiary alicyclic amines) is 1. The average Bonchev–Trinajstić information content (AvgIpc) is 2.53. The molecule has 2 rings (SSSR count). The Kier molecular flexibility index (Phi) is 6.31. The Morgan fingerprint density at radius 1 is 1.27 bits per heavy atom. The van der Waals surface area contributed by atoms with E-state index in [1.807, 2.05) is 6.92 Å². The van der Waals surface area contributed by atoms with Gasteiger partial charge in [0.2, 0.25) is 0 Å². The van der Waals surface area contributed by atoms with E-state index < -0.39 is 33.8 Å². The molecule has 1 saturated heterocycles. The molecule has 0 saturated carbocycles. The third kappa shape index (κ3) is 5.69. The van der Waals surface area contributed by atoms with Gasteiger partial charge >= 0.3 is 6.09 Å². The Morgan fingerprint density at radius 3 is 2.46 bits per heavy atom. The van der Waals surface area contributed by atoms with Crippen LogP contribution in [0.1, 0.15) is 32.8 Å². The minimum absolute atomic E-state index is 0.0670. The van der Waals surface area contributed by atoms with Crippen molar-refractivity contribution < 1.29 is 27.2 Å². The van der Waals surface area contributed by atoms with Crippen molar-refractivity contribution in [2.75, 3.05) is 19.7 Å². The molecule has 1 N–H and O–H groups in total. The third-order valence-electron chi connectivity index (χ3n) is 4.09. The van der Waals surface area contributed by atoms with Gasteiger partial charge in [-0.15, -0.1) is 0 Å². The number of benzene rings is 1. The maximum absolute atomic E-state index is 12.3. The van der Waals surface area contributed by atoms with Crippen LogP contribution in [-0.2, 0) is 19.0 Å². The zero-order valence-electron chi connectivity index (χ0n) is 15.6. The fourth-order valence-electron chi connectivity index (χ4n) is 2.63. The van der Waals surface area contributed by atoms with Crippen molar-refractivity contribution in [3.05, 3.63) is 29.8 Å². The summed E-state index contributed by atoms with van der Waals surface area (Å²) in [7, 11) is -3.91. The first-order valence-electron chi connectivity index (χ1n) is 8.60. The van der Waals surface area contributed by atoms with Crippen LogP contribution in [0.4, 0.5) is 4.79 Å². The number of carbonyl (C=O) groups is 1.